The van der Waals surface area contributed by atoms with Crippen LogP contribution in [0.25, 0.3) is 16.9 Å². The predicted octanol–water partition coefficient (Wildman–Crippen LogP) is 1.47. The molecule has 115 valence electrons. The second kappa shape index (κ2) is 6.24. The number of aromatic nitrogens is 4. The smallest absolute Gasteiger partial charge is 0.138 e. The van der Waals surface area contributed by atoms with Crippen molar-refractivity contribution in [3.63, 3.8) is 0 Å². The summed E-state index contributed by atoms with van der Waals surface area (Å²) >= 11 is 0. The number of aliphatic hydroxyl groups excluding tert-OH is 1. The second-order valence-electron chi connectivity index (χ2n) is 5.01. The molecule has 1 aliphatic rings. The molecule has 0 aliphatic carbocycles. The molecule has 8 nitrogen and oxygen atoms in total. The van der Waals surface area contributed by atoms with E-state index in [9.17, 15) is 5.11 Å². The molecule has 3 unspecified atom stereocenters. The zero-order valence-corrected chi connectivity index (χ0v) is 14.5. The molecule has 0 spiro atoms. The average molecular weight is 464 g/mol. The van der Waals surface area contributed by atoms with Gasteiger partial charge in [-0.05, 0) is 6.42 Å². The van der Waals surface area contributed by atoms with Crippen molar-refractivity contribution in [3.05, 3.63) is 12.1 Å². The Morgan fingerprint density at radius 1 is 1.52 bits per heavy atom. The van der Waals surface area contributed by atoms with Gasteiger partial charge in [0.1, 0.15) is 11.7 Å². The second-order valence-corrected chi connectivity index (χ2v) is 5.01. The molecule has 0 amide bonds. The average Bonchev–Trinajstić information content (AvgIpc) is 3.00. The molecule has 2 aromatic heterocycles. The van der Waals surface area contributed by atoms with Crippen LogP contribution in [-0.2, 0) is 25.2 Å². The number of fused-ring (bicyclic) bond motifs is 1. The van der Waals surface area contributed by atoms with Gasteiger partial charge in [0.05, 0.1) is 30.5 Å². The van der Waals surface area contributed by atoms with E-state index in [1.54, 1.807) is 13.4 Å². The van der Waals surface area contributed by atoms with Crippen molar-refractivity contribution in [1.82, 2.24) is 19.5 Å². The van der Waals surface area contributed by atoms with Crippen LogP contribution in [0.2, 0.25) is 0 Å². The van der Waals surface area contributed by atoms with Crippen LogP contribution in [0.5, 0.6) is 0 Å². The minimum Gasteiger partial charge on any atom is -0.410 e. The monoisotopic (exact) mass is 464 g/mol. The molecule has 2 aromatic rings. The molecule has 0 saturated carbocycles. The third-order valence-electron chi connectivity index (χ3n) is 3.59. The molecule has 3 atom stereocenters. The standard InChI is InChI=1S/C12H17N6O2.Re/c1-6-3-7(4-19)20-11(6)18-5-15-8-9(14-2)16-12(13)17-10(8)18;/h5-7,11,19H,3-4H2,1-2H3,(H2-,13,14,16,17);/q-1;. The van der Waals surface area contributed by atoms with Crippen molar-refractivity contribution in [1.29, 1.82) is 0 Å². The zero-order valence-electron chi connectivity index (χ0n) is 11.7. The number of aliphatic hydroxyl groups is 1. The summed E-state index contributed by atoms with van der Waals surface area (Å²) < 4.78 is 7.64. The summed E-state index contributed by atoms with van der Waals surface area (Å²) in [5.74, 6) is 0.711. The SMILES string of the molecule is CNc1nc([NH-])nc2c1ncn2C1OC(CO)CC1C.[Re]. The zero-order chi connectivity index (χ0) is 14.3. The molecule has 1 fully saturated rings. The van der Waals surface area contributed by atoms with Gasteiger partial charge < -0.3 is 35.4 Å². The molecule has 9 heteroatoms. The molecule has 0 aromatic carbocycles. The fourth-order valence-corrected chi connectivity index (χ4v) is 2.65. The number of imidazole rings is 1. The number of ether oxygens (including phenoxy) is 1. The van der Waals surface area contributed by atoms with E-state index in [1.807, 2.05) is 4.57 Å². The topological polar surface area (TPSA) is 109 Å². The first-order chi connectivity index (χ1) is 9.63. The maximum absolute atomic E-state index is 9.22. The quantitative estimate of drug-likeness (QED) is 0.714. The van der Waals surface area contributed by atoms with Crippen molar-refractivity contribution >= 4 is 22.9 Å². The van der Waals surface area contributed by atoms with Crippen molar-refractivity contribution in [2.75, 3.05) is 19.0 Å². The van der Waals surface area contributed by atoms with Crippen LogP contribution in [-0.4, -0.2) is 44.4 Å². The van der Waals surface area contributed by atoms with Gasteiger partial charge in [-0.1, -0.05) is 6.92 Å². The van der Waals surface area contributed by atoms with Gasteiger partial charge in [-0.3, -0.25) is 0 Å². The number of hydrogen-bond acceptors (Lipinski definition) is 6. The number of nitrogens with zero attached hydrogens (tertiary/aromatic N) is 4. The molecular weight excluding hydrogens is 446 g/mol. The maximum Gasteiger partial charge on any atom is 0.138 e. The first kappa shape index (κ1) is 16.1. The van der Waals surface area contributed by atoms with Crippen LogP contribution in [0.3, 0.4) is 0 Å². The van der Waals surface area contributed by atoms with Crippen LogP contribution in [0.15, 0.2) is 6.33 Å². The Hall–Kier alpha value is -1.27. The van der Waals surface area contributed by atoms with E-state index >= 15 is 0 Å². The number of hydrogen-bond donors (Lipinski definition) is 2. The predicted molar refractivity (Wildman–Crippen MR) is 73.6 cm³/mol. The Morgan fingerprint density at radius 2 is 2.29 bits per heavy atom. The summed E-state index contributed by atoms with van der Waals surface area (Å²) in [6, 6.07) is 0. The molecule has 0 bridgehead atoms. The third kappa shape index (κ3) is 2.74. The molecular formula is C12H17N6O2Re-. The van der Waals surface area contributed by atoms with E-state index in [1.165, 1.54) is 0 Å². The Bertz CT molecular complexity index is 633. The van der Waals surface area contributed by atoms with E-state index in [0.29, 0.717) is 17.0 Å². The summed E-state index contributed by atoms with van der Waals surface area (Å²) in [4.78, 5) is 12.5. The van der Waals surface area contributed by atoms with E-state index in [-0.39, 0.29) is 51.2 Å². The number of rotatable bonds is 3. The van der Waals surface area contributed by atoms with Crippen LogP contribution >= 0.6 is 0 Å². The largest absolute Gasteiger partial charge is 0.410 e. The fourth-order valence-electron chi connectivity index (χ4n) is 2.65. The van der Waals surface area contributed by atoms with E-state index < -0.39 is 0 Å². The Balaban J connectivity index is 0.00000161. The summed E-state index contributed by atoms with van der Waals surface area (Å²) in [6.07, 6.45) is 2.06. The third-order valence-corrected chi connectivity index (χ3v) is 3.59. The van der Waals surface area contributed by atoms with Gasteiger partial charge in [0.2, 0.25) is 0 Å². The van der Waals surface area contributed by atoms with Crippen LogP contribution in [0.1, 0.15) is 19.6 Å². The summed E-state index contributed by atoms with van der Waals surface area (Å²) in [7, 11) is 1.73. The maximum atomic E-state index is 9.22. The van der Waals surface area contributed by atoms with Crippen LogP contribution < -0.4 is 5.32 Å². The van der Waals surface area contributed by atoms with Gasteiger partial charge in [-0.25, -0.2) is 4.98 Å². The first-order valence-electron chi connectivity index (χ1n) is 6.54. The van der Waals surface area contributed by atoms with E-state index in [2.05, 4.69) is 27.2 Å². The molecule has 3 N–H and O–H groups in total. The summed E-state index contributed by atoms with van der Waals surface area (Å²) in [6.45, 7) is 2.07. The number of anilines is 1. The first-order valence-corrected chi connectivity index (χ1v) is 6.54. The van der Waals surface area contributed by atoms with E-state index in [0.717, 1.165) is 6.42 Å². The van der Waals surface area contributed by atoms with Crippen molar-refractivity contribution in [2.45, 2.75) is 25.7 Å². The van der Waals surface area contributed by atoms with Crippen LogP contribution in [0.4, 0.5) is 11.8 Å². The molecule has 1 radical (unpaired) electrons. The molecule has 21 heavy (non-hydrogen) atoms. The Kier molecular flexibility index (Phi) is 4.78. The molecule has 3 heterocycles. The van der Waals surface area contributed by atoms with Crippen molar-refractivity contribution in [3.8, 4) is 0 Å². The van der Waals surface area contributed by atoms with Gasteiger partial charge in [0.25, 0.3) is 0 Å². The van der Waals surface area contributed by atoms with Crippen LogP contribution in [0, 0.1) is 5.92 Å². The fraction of sp³-hybridized carbons (Fsp3) is 0.583. The minimum absolute atomic E-state index is 0. The number of nitrogens with one attached hydrogen (secondary N) is 2. The molecule has 1 saturated heterocycles. The Morgan fingerprint density at radius 3 is 2.90 bits per heavy atom. The summed E-state index contributed by atoms with van der Waals surface area (Å²) in [5.41, 5.74) is 8.86. The van der Waals surface area contributed by atoms with Gasteiger partial charge in [0.15, 0.2) is 0 Å². The van der Waals surface area contributed by atoms with Crippen molar-refractivity contribution < 1.29 is 30.3 Å². The Labute approximate surface area is 135 Å². The van der Waals surface area contributed by atoms with Gasteiger partial charge in [-0.15, -0.1) is 0 Å². The van der Waals surface area contributed by atoms with Crippen molar-refractivity contribution in [2.24, 2.45) is 5.92 Å². The van der Waals surface area contributed by atoms with Gasteiger partial charge >= 0.3 is 0 Å². The van der Waals surface area contributed by atoms with E-state index in [4.69, 9.17) is 10.5 Å². The molecule has 3 rings (SSSR count). The normalized spacial score (nSPS) is 25.0. The summed E-state index contributed by atoms with van der Waals surface area (Å²) in [5, 5.41) is 12.1. The van der Waals surface area contributed by atoms with Gasteiger partial charge in [0, 0.05) is 39.3 Å². The minimum atomic E-state index is -0.226. The van der Waals surface area contributed by atoms with Gasteiger partial charge in [-0.2, -0.15) is 0 Å². The molecule has 1 aliphatic heterocycles.